The minimum atomic E-state index is -0.181. The van der Waals surface area contributed by atoms with E-state index in [1.54, 1.807) is 6.20 Å². The molecule has 0 atom stereocenters. The lowest BCUT2D eigenvalue weighted by Gasteiger charge is -2.07. The Hall–Kier alpha value is -2.43. The highest BCUT2D eigenvalue weighted by molar-refractivity contribution is 5.92. The van der Waals surface area contributed by atoms with E-state index in [1.165, 1.54) is 11.8 Å². The standard InChI is InChI=1S/C17H22N4O/c1-3-5-10-18-17(22)15-11-20-16(12-19-15)21-14-8-6-13(4-2)7-9-14/h6-9,11-12H,3-5,10H2,1-2H3,(H,18,22)(H,20,21). The summed E-state index contributed by atoms with van der Waals surface area (Å²) < 4.78 is 0. The summed E-state index contributed by atoms with van der Waals surface area (Å²) in [4.78, 5) is 20.2. The number of carbonyl (C=O) groups is 1. The van der Waals surface area contributed by atoms with E-state index < -0.39 is 0 Å². The van der Waals surface area contributed by atoms with Crippen LogP contribution in [0.4, 0.5) is 11.5 Å². The number of carbonyl (C=O) groups excluding carboxylic acids is 1. The van der Waals surface area contributed by atoms with E-state index in [-0.39, 0.29) is 5.91 Å². The molecule has 0 saturated heterocycles. The van der Waals surface area contributed by atoms with Crippen molar-refractivity contribution in [2.24, 2.45) is 0 Å². The van der Waals surface area contributed by atoms with Crippen LogP contribution in [0.2, 0.25) is 0 Å². The summed E-state index contributed by atoms with van der Waals surface area (Å²) in [5.74, 6) is 0.439. The van der Waals surface area contributed by atoms with Gasteiger partial charge >= 0.3 is 0 Å². The topological polar surface area (TPSA) is 66.9 Å². The zero-order valence-corrected chi connectivity index (χ0v) is 13.1. The average Bonchev–Trinajstić information content (AvgIpc) is 2.56. The fourth-order valence-electron chi connectivity index (χ4n) is 1.95. The molecule has 0 fully saturated rings. The van der Waals surface area contributed by atoms with Gasteiger partial charge in [-0.2, -0.15) is 0 Å². The maximum atomic E-state index is 11.8. The Morgan fingerprint density at radius 1 is 1.09 bits per heavy atom. The molecule has 22 heavy (non-hydrogen) atoms. The van der Waals surface area contributed by atoms with Crippen LogP contribution in [0.15, 0.2) is 36.7 Å². The number of unbranched alkanes of at least 4 members (excludes halogenated alkanes) is 1. The maximum absolute atomic E-state index is 11.8. The lowest BCUT2D eigenvalue weighted by Crippen LogP contribution is -2.25. The van der Waals surface area contributed by atoms with Gasteiger partial charge in [0.1, 0.15) is 11.5 Å². The molecule has 1 aromatic carbocycles. The molecular formula is C17H22N4O. The molecule has 0 unspecified atom stereocenters. The molecule has 1 heterocycles. The van der Waals surface area contributed by atoms with Gasteiger partial charge in [0.05, 0.1) is 12.4 Å². The van der Waals surface area contributed by atoms with Crippen molar-refractivity contribution in [3.63, 3.8) is 0 Å². The summed E-state index contributed by atoms with van der Waals surface area (Å²) in [6, 6.07) is 8.16. The zero-order chi connectivity index (χ0) is 15.8. The quantitative estimate of drug-likeness (QED) is 0.770. The fourth-order valence-corrected chi connectivity index (χ4v) is 1.95. The van der Waals surface area contributed by atoms with E-state index in [1.807, 2.05) is 12.1 Å². The summed E-state index contributed by atoms with van der Waals surface area (Å²) in [5, 5.41) is 5.99. The van der Waals surface area contributed by atoms with E-state index in [0.717, 1.165) is 24.9 Å². The Labute approximate surface area is 131 Å². The second-order valence-electron chi connectivity index (χ2n) is 5.07. The molecule has 5 heteroatoms. The SMILES string of the molecule is CCCCNC(=O)c1cnc(Nc2ccc(CC)cc2)cn1. The van der Waals surface area contributed by atoms with Crippen LogP contribution in [0.3, 0.4) is 0 Å². The van der Waals surface area contributed by atoms with Crippen LogP contribution in [-0.2, 0) is 6.42 Å². The molecule has 116 valence electrons. The zero-order valence-electron chi connectivity index (χ0n) is 13.1. The van der Waals surface area contributed by atoms with Crippen molar-refractivity contribution in [1.29, 1.82) is 0 Å². The predicted octanol–water partition coefficient (Wildman–Crippen LogP) is 3.31. The molecule has 1 aromatic heterocycles. The van der Waals surface area contributed by atoms with E-state index in [2.05, 4.69) is 46.6 Å². The molecule has 0 aliphatic rings. The molecule has 0 radical (unpaired) electrons. The van der Waals surface area contributed by atoms with Crippen LogP contribution in [-0.4, -0.2) is 22.4 Å². The first-order chi connectivity index (χ1) is 10.7. The van der Waals surface area contributed by atoms with Gasteiger partial charge in [-0.25, -0.2) is 9.97 Å². The third kappa shape index (κ3) is 4.55. The molecule has 0 aliphatic carbocycles. The highest BCUT2D eigenvalue weighted by Crippen LogP contribution is 2.14. The Balaban J connectivity index is 1.94. The number of benzene rings is 1. The van der Waals surface area contributed by atoms with Crippen molar-refractivity contribution in [3.05, 3.63) is 47.9 Å². The molecule has 5 nitrogen and oxygen atoms in total. The average molecular weight is 298 g/mol. The second kappa shape index (κ2) is 8.12. The van der Waals surface area contributed by atoms with Gasteiger partial charge < -0.3 is 10.6 Å². The van der Waals surface area contributed by atoms with Crippen molar-refractivity contribution in [3.8, 4) is 0 Å². The van der Waals surface area contributed by atoms with Crippen LogP contribution in [0.25, 0.3) is 0 Å². The lowest BCUT2D eigenvalue weighted by atomic mass is 10.1. The van der Waals surface area contributed by atoms with Crippen LogP contribution in [0.1, 0.15) is 42.7 Å². The summed E-state index contributed by atoms with van der Waals surface area (Å²) in [6.07, 6.45) is 6.09. The number of anilines is 2. The number of hydrogen-bond donors (Lipinski definition) is 2. The van der Waals surface area contributed by atoms with Gasteiger partial charge in [-0.3, -0.25) is 4.79 Å². The Morgan fingerprint density at radius 2 is 1.86 bits per heavy atom. The normalized spacial score (nSPS) is 10.3. The largest absolute Gasteiger partial charge is 0.351 e. The minimum absolute atomic E-state index is 0.181. The van der Waals surface area contributed by atoms with E-state index in [0.29, 0.717) is 18.1 Å². The number of amides is 1. The highest BCUT2D eigenvalue weighted by Gasteiger charge is 2.07. The Morgan fingerprint density at radius 3 is 2.45 bits per heavy atom. The van der Waals surface area contributed by atoms with E-state index in [9.17, 15) is 4.79 Å². The van der Waals surface area contributed by atoms with Crippen molar-refractivity contribution in [1.82, 2.24) is 15.3 Å². The van der Waals surface area contributed by atoms with Gasteiger partial charge in [-0.05, 0) is 30.5 Å². The monoisotopic (exact) mass is 298 g/mol. The van der Waals surface area contributed by atoms with Crippen molar-refractivity contribution < 1.29 is 4.79 Å². The van der Waals surface area contributed by atoms with Gasteiger partial charge in [-0.15, -0.1) is 0 Å². The lowest BCUT2D eigenvalue weighted by molar-refractivity contribution is 0.0948. The molecule has 1 amide bonds. The first-order valence-corrected chi connectivity index (χ1v) is 7.69. The molecule has 0 saturated carbocycles. The first-order valence-electron chi connectivity index (χ1n) is 7.69. The Kier molecular flexibility index (Phi) is 5.89. The molecule has 0 bridgehead atoms. The summed E-state index contributed by atoms with van der Waals surface area (Å²) in [5.41, 5.74) is 2.57. The molecule has 0 aliphatic heterocycles. The van der Waals surface area contributed by atoms with E-state index >= 15 is 0 Å². The molecule has 2 aromatic rings. The van der Waals surface area contributed by atoms with E-state index in [4.69, 9.17) is 0 Å². The molecular weight excluding hydrogens is 276 g/mol. The second-order valence-corrected chi connectivity index (χ2v) is 5.07. The molecule has 0 spiro atoms. The smallest absolute Gasteiger partial charge is 0.271 e. The van der Waals surface area contributed by atoms with Crippen molar-refractivity contribution >= 4 is 17.4 Å². The van der Waals surface area contributed by atoms with Crippen molar-refractivity contribution in [2.45, 2.75) is 33.1 Å². The van der Waals surface area contributed by atoms with Gasteiger partial charge in [0.15, 0.2) is 0 Å². The van der Waals surface area contributed by atoms with Gasteiger partial charge in [-0.1, -0.05) is 32.4 Å². The maximum Gasteiger partial charge on any atom is 0.271 e. The number of rotatable bonds is 7. The van der Waals surface area contributed by atoms with Gasteiger partial charge in [0.25, 0.3) is 5.91 Å². The Bertz CT molecular complexity index is 593. The predicted molar refractivity (Wildman–Crippen MR) is 88.4 cm³/mol. The first kappa shape index (κ1) is 15.9. The fraction of sp³-hybridized carbons (Fsp3) is 0.353. The van der Waals surface area contributed by atoms with Crippen LogP contribution in [0.5, 0.6) is 0 Å². The van der Waals surface area contributed by atoms with Crippen LogP contribution < -0.4 is 10.6 Å². The summed E-state index contributed by atoms with van der Waals surface area (Å²) in [7, 11) is 0. The minimum Gasteiger partial charge on any atom is -0.351 e. The summed E-state index contributed by atoms with van der Waals surface area (Å²) in [6.45, 7) is 4.87. The molecule has 2 rings (SSSR count). The van der Waals surface area contributed by atoms with Crippen LogP contribution >= 0.6 is 0 Å². The number of hydrogen-bond acceptors (Lipinski definition) is 4. The van der Waals surface area contributed by atoms with Gasteiger partial charge in [0, 0.05) is 12.2 Å². The number of aryl methyl sites for hydroxylation is 1. The number of nitrogens with zero attached hydrogens (tertiary/aromatic N) is 2. The number of aromatic nitrogens is 2. The van der Waals surface area contributed by atoms with Crippen LogP contribution in [0, 0.1) is 0 Å². The van der Waals surface area contributed by atoms with Gasteiger partial charge in [0.2, 0.25) is 0 Å². The van der Waals surface area contributed by atoms with Crippen molar-refractivity contribution in [2.75, 3.05) is 11.9 Å². The number of nitrogens with one attached hydrogen (secondary N) is 2. The highest BCUT2D eigenvalue weighted by atomic mass is 16.1. The molecule has 2 N–H and O–H groups in total. The third-order valence-corrected chi connectivity index (χ3v) is 3.33. The third-order valence-electron chi connectivity index (χ3n) is 3.33. The summed E-state index contributed by atoms with van der Waals surface area (Å²) >= 11 is 0.